The Balaban J connectivity index is 2.41. The van der Waals surface area contributed by atoms with Gasteiger partial charge in [-0.15, -0.1) is 0 Å². The number of benzene rings is 1. The summed E-state index contributed by atoms with van der Waals surface area (Å²) in [6.07, 6.45) is 1.92. The van der Waals surface area contributed by atoms with Gasteiger partial charge in [-0.1, -0.05) is 20.8 Å². The van der Waals surface area contributed by atoms with Crippen LogP contribution in [0.25, 0.3) is 0 Å². The van der Waals surface area contributed by atoms with Gasteiger partial charge in [0.25, 0.3) is 0 Å². The molecule has 1 aromatic rings. The van der Waals surface area contributed by atoms with Crippen LogP contribution in [-0.4, -0.2) is 19.1 Å². The normalized spacial score (nSPS) is 20.7. The molecular formula is C15H21NO2. The molecule has 0 radical (unpaired) electrons. The van der Waals surface area contributed by atoms with Crippen molar-refractivity contribution in [1.29, 1.82) is 0 Å². The van der Waals surface area contributed by atoms with Gasteiger partial charge in [-0.25, -0.2) is 0 Å². The molecule has 1 atom stereocenters. The van der Waals surface area contributed by atoms with Crippen molar-refractivity contribution in [1.82, 2.24) is 0 Å². The first-order chi connectivity index (χ1) is 8.52. The fourth-order valence-electron chi connectivity index (χ4n) is 2.50. The molecule has 3 nitrogen and oxygen atoms in total. The molecule has 18 heavy (non-hydrogen) atoms. The van der Waals surface area contributed by atoms with Crippen molar-refractivity contribution in [3.05, 3.63) is 23.8 Å². The van der Waals surface area contributed by atoms with Gasteiger partial charge in [0.05, 0.1) is 6.61 Å². The molecule has 2 rings (SSSR count). The summed E-state index contributed by atoms with van der Waals surface area (Å²) in [6, 6.07) is 6.18. The quantitative estimate of drug-likeness (QED) is 0.765. The molecular weight excluding hydrogens is 226 g/mol. The third kappa shape index (κ3) is 1.88. The summed E-state index contributed by atoms with van der Waals surface area (Å²) in [5.74, 6) is 0.892. The maximum Gasteiger partial charge on any atom is 0.214 e. The molecule has 0 bridgehead atoms. The van der Waals surface area contributed by atoms with E-state index in [4.69, 9.17) is 4.74 Å². The predicted molar refractivity (Wildman–Crippen MR) is 73.3 cm³/mol. The minimum Gasteiger partial charge on any atom is -0.494 e. The topological polar surface area (TPSA) is 29.5 Å². The van der Waals surface area contributed by atoms with E-state index in [0.717, 1.165) is 30.9 Å². The molecule has 0 aliphatic carbocycles. The third-order valence-electron chi connectivity index (χ3n) is 3.99. The maximum atomic E-state index is 11.2. The summed E-state index contributed by atoms with van der Waals surface area (Å²) in [4.78, 5) is 13.0. The summed E-state index contributed by atoms with van der Waals surface area (Å²) >= 11 is 0. The van der Waals surface area contributed by atoms with Gasteiger partial charge in [-0.2, -0.15) is 0 Å². The van der Waals surface area contributed by atoms with Crippen LogP contribution in [0.3, 0.4) is 0 Å². The van der Waals surface area contributed by atoms with Crippen molar-refractivity contribution in [2.45, 2.75) is 45.6 Å². The monoisotopic (exact) mass is 247 g/mol. The van der Waals surface area contributed by atoms with Crippen LogP contribution in [0.1, 0.15) is 39.7 Å². The van der Waals surface area contributed by atoms with Gasteiger partial charge in [-0.05, 0) is 37.1 Å². The predicted octanol–water partition coefficient (Wildman–Crippen LogP) is 3.12. The fraction of sp³-hybridized carbons (Fsp3) is 0.533. The third-order valence-corrected chi connectivity index (χ3v) is 3.99. The van der Waals surface area contributed by atoms with Crippen LogP contribution < -0.4 is 9.64 Å². The van der Waals surface area contributed by atoms with Crippen molar-refractivity contribution in [2.24, 2.45) is 0 Å². The standard InChI is InChI=1S/C15H21NO2/c1-5-8-18-12-6-7-14-13(9-12)15(3,4)11(2)16(14)10-17/h6-7,9-11H,5,8H2,1-4H3. The van der Waals surface area contributed by atoms with Gasteiger partial charge in [0.2, 0.25) is 6.41 Å². The molecule has 0 saturated heterocycles. The Morgan fingerprint density at radius 2 is 2.17 bits per heavy atom. The van der Waals surface area contributed by atoms with E-state index in [0.29, 0.717) is 0 Å². The van der Waals surface area contributed by atoms with Crippen molar-refractivity contribution >= 4 is 12.1 Å². The summed E-state index contributed by atoms with van der Waals surface area (Å²) < 4.78 is 5.67. The maximum absolute atomic E-state index is 11.2. The van der Waals surface area contributed by atoms with Gasteiger partial charge in [-0.3, -0.25) is 4.79 Å². The molecule has 1 amide bonds. The first-order valence-electron chi connectivity index (χ1n) is 6.53. The molecule has 0 aromatic heterocycles. The van der Waals surface area contributed by atoms with Crippen LogP contribution >= 0.6 is 0 Å². The zero-order chi connectivity index (χ0) is 13.3. The second-order valence-corrected chi connectivity index (χ2v) is 5.44. The van der Waals surface area contributed by atoms with E-state index in [2.05, 4.69) is 33.8 Å². The Morgan fingerprint density at radius 1 is 1.44 bits per heavy atom. The van der Waals surface area contributed by atoms with E-state index in [-0.39, 0.29) is 11.5 Å². The molecule has 1 aliphatic rings. The lowest BCUT2D eigenvalue weighted by Crippen LogP contribution is -2.37. The van der Waals surface area contributed by atoms with Crippen LogP contribution in [0, 0.1) is 0 Å². The van der Waals surface area contributed by atoms with E-state index < -0.39 is 0 Å². The highest BCUT2D eigenvalue weighted by molar-refractivity contribution is 5.83. The Morgan fingerprint density at radius 3 is 2.78 bits per heavy atom. The summed E-state index contributed by atoms with van der Waals surface area (Å²) in [7, 11) is 0. The molecule has 98 valence electrons. The number of rotatable bonds is 4. The van der Waals surface area contributed by atoms with Crippen LogP contribution in [0.15, 0.2) is 18.2 Å². The van der Waals surface area contributed by atoms with Crippen LogP contribution in [0.4, 0.5) is 5.69 Å². The number of ether oxygens (including phenoxy) is 1. The highest BCUT2D eigenvalue weighted by Gasteiger charge is 2.41. The van der Waals surface area contributed by atoms with Crippen molar-refractivity contribution in [2.75, 3.05) is 11.5 Å². The first kappa shape index (κ1) is 12.9. The smallest absolute Gasteiger partial charge is 0.214 e. The Kier molecular flexibility index (Phi) is 3.33. The van der Waals surface area contributed by atoms with E-state index in [1.165, 1.54) is 5.56 Å². The molecule has 3 heteroatoms. The van der Waals surface area contributed by atoms with Crippen LogP contribution in [-0.2, 0) is 10.2 Å². The van der Waals surface area contributed by atoms with Gasteiger partial charge >= 0.3 is 0 Å². The summed E-state index contributed by atoms with van der Waals surface area (Å²) in [5, 5.41) is 0. The fourth-order valence-corrected chi connectivity index (χ4v) is 2.50. The van der Waals surface area contributed by atoms with E-state index in [1.54, 1.807) is 4.90 Å². The number of anilines is 1. The molecule has 0 spiro atoms. The van der Waals surface area contributed by atoms with Crippen LogP contribution in [0.5, 0.6) is 5.75 Å². The zero-order valence-electron chi connectivity index (χ0n) is 11.6. The molecule has 1 aromatic carbocycles. The second kappa shape index (κ2) is 4.63. The van der Waals surface area contributed by atoms with E-state index in [9.17, 15) is 4.79 Å². The first-order valence-corrected chi connectivity index (χ1v) is 6.53. The molecule has 0 N–H and O–H groups in total. The number of nitrogens with zero attached hydrogens (tertiary/aromatic N) is 1. The van der Waals surface area contributed by atoms with Crippen molar-refractivity contribution < 1.29 is 9.53 Å². The SMILES string of the molecule is CCCOc1ccc2c(c1)C(C)(C)C(C)N2C=O. The Labute approximate surface area is 109 Å². The summed E-state index contributed by atoms with van der Waals surface area (Å²) in [5.41, 5.74) is 2.16. The van der Waals surface area contributed by atoms with E-state index in [1.807, 2.05) is 12.1 Å². The zero-order valence-corrected chi connectivity index (χ0v) is 11.6. The number of carbonyl (C=O) groups is 1. The highest BCUT2D eigenvalue weighted by atomic mass is 16.5. The minimum absolute atomic E-state index is 0.0399. The van der Waals surface area contributed by atoms with Crippen LogP contribution in [0.2, 0.25) is 0 Å². The lowest BCUT2D eigenvalue weighted by Gasteiger charge is -2.27. The van der Waals surface area contributed by atoms with Crippen molar-refractivity contribution in [3.8, 4) is 5.75 Å². The van der Waals surface area contributed by atoms with Gasteiger partial charge in [0, 0.05) is 17.1 Å². The molecule has 1 aliphatic heterocycles. The number of hydrogen-bond acceptors (Lipinski definition) is 2. The average Bonchev–Trinajstić information content (AvgIpc) is 2.55. The molecule has 0 saturated carbocycles. The number of hydrogen-bond donors (Lipinski definition) is 0. The summed E-state index contributed by atoms with van der Waals surface area (Å²) in [6.45, 7) is 9.24. The Bertz CT molecular complexity index is 454. The van der Waals surface area contributed by atoms with Crippen molar-refractivity contribution in [3.63, 3.8) is 0 Å². The largest absolute Gasteiger partial charge is 0.494 e. The second-order valence-electron chi connectivity index (χ2n) is 5.44. The highest BCUT2D eigenvalue weighted by Crippen LogP contribution is 2.45. The minimum atomic E-state index is -0.0399. The lowest BCUT2D eigenvalue weighted by molar-refractivity contribution is -0.107. The average molecular weight is 247 g/mol. The number of carbonyl (C=O) groups excluding carboxylic acids is 1. The number of fused-ring (bicyclic) bond motifs is 1. The molecule has 1 unspecified atom stereocenters. The van der Waals surface area contributed by atoms with E-state index >= 15 is 0 Å². The lowest BCUT2D eigenvalue weighted by atomic mass is 9.81. The van der Waals surface area contributed by atoms with Gasteiger partial charge in [0.15, 0.2) is 0 Å². The van der Waals surface area contributed by atoms with Gasteiger partial charge < -0.3 is 9.64 Å². The number of amides is 1. The molecule has 0 fully saturated rings. The van der Waals surface area contributed by atoms with Gasteiger partial charge in [0.1, 0.15) is 5.75 Å². The molecule has 1 heterocycles. The Hall–Kier alpha value is -1.51.